The van der Waals surface area contributed by atoms with Gasteiger partial charge in [-0.15, -0.1) is 11.8 Å². The van der Waals surface area contributed by atoms with Gasteiger partial charge in [0.1, 0.15) is 0 Å². The third kappa shape index (κ3) is 3.17. The van der Waals surface area contributed by atoms with E-state index in [0.717, 1.165) is 36.4 Å². The van der Waals surface area contributed by atoms with Crippen molar-refractivity contribution in [3.05, 3.63) is 18.2 Å². The topological polar surface area (TPSA) is 57.9 Å². The summed E-state index contributed by atoms with van der Waals surface area (Å²) in [5.74, 6) is 1.59. The zero-order chi connectivity index (χ0) is 13.0. The average Bonchev–Trinajstić information content (AvgIpc) is 2.74. The van der Waals surface area contributed by atoms with E-state index in [1.807, 2.05) is 17.8 Å². The number of nitrogens with zero attached hydrogens (tertiary/aromatic N) is 2. The number of imidazole rings is 1. The molecule has 0 bridgehead atoms. The highest BCUT2D eigenvalue weighted by Gasteiger charge is 2.03. The summed E-state index contributed by atoms with van der Waals surface area (Å²) in [6.45, 7) is 7.76. The van der Waals surface area contributed by atoms with Crippen LogP contribution in [-0.4, -0.2) is 40.3 Å². The molecule has 5 heteroatoms. The minimum atomic E-state index is 0.482. The molecule has 0 fully saturated rings. The van der Waals surface area contributed by atoms with Gasteiger partial charge in [-0.1, -0.05) is 13.8 Å². The largest absolute Gasteiger partial charge is 0.369 e. The molecule has 1 heterocycles. The number of H-pyrrole nitrogens is 1. The molecule has 0 radical (unpaired) electrons. The van der Waals surface area contributed by atoms with E-state index in [1.54, 1.807) is 0 Å². The van der Waals surface area contributed by atoms with Crippen molar-refractivity contribution in [2.75, 3.05) is 31.1 Å². The fourth-order valence-corrected chi connectivity index (χ4v) is 2.87. The number of anilines is 1. The van der Waals surface area contributed by atoms with Crippen molar-refractivity contribution in [1.29, 1.82) is 0 Å². The van der Waals surface area contributed by atoms with Crippen molar-refractivity contribution in [2.24, 2.45) is 0 Å². The zero-order valence-corrected chi connectivity index (χ0v) is 11.8. The summed E-state index contributed by atoms with van der Waals surface area (Å²) >= 11 is 1.87. The smallest absolute Gasteiger partial charge is 0.198 e. The van der Waals surface area contributed by atoms with Crippen LogP contribution in [0.1, 0.15) is 13.8 Å². The van der Waals surface area contributed by atoms with Gasteiger partial charge in [-0.2, -0.15) is 0 Å². The Morgan fingerprint density at radius 3 is 2.83 bits per heavy atom. The van der Waals surface area contributed by atoms with Gasteiger partial charge in [0.05, 0.1) is 11.0 Å². The van der Waals surface area contributed by atoms with Crippen molar-refractivity contribution >= 4 is 28.7 Å². The molecule has 0 saturated heterocycles. The molecule has 0 aliphatic rings. The molecule has 0 amide bonds. The van der Waals surface area contributed by atoms with Gasteiger partial charge in [-0.3, -0.25) is 0 Å². The second-order valence-corrected chi connectivity index (χ2v) is 5.34. The maximum atomic E-state index is 5.64. The summed E-state index contributed by atoms with van der Waals surface area (Å²) in [7, 11) is 0. The Hall–Kier alpha value is -1.20. The third-order valence-corrected chi connectivity index (χ3v) is 4.02. The molecule has 3 N–H and O–H groups in total. The number of fused-ring (bicyclic) bond motifs is 1. The van der Waals surface area contributed by atoms with Gasteiger partial charge in [-0.05, 0) is 31.3 Å². The lowest BCUT2D eigenvalue weighted by Gasteiger charge is -2.17. The molecule has 0 aliphatic heterocycles. The molecular weight excluding hydrogens is 244 g/mol. The van der Waals surface area contributed by atoms with E-state index in [-0.39, 0.29) is 0 Å². The molecule has 0 saturated carbocycles. The lowest BCUT2D eigenvalue weighted by atomic mass is 10.3. The van der Waals surface area contributed by atoms with Crippen molar-refractivity contribution < 1.29 is 0 Å². The molecule has 4 nitrogen and oxygen atoms in total. The number of nitrogens with one attached hydrogen (secondary N) is 1. The summed E-state index contributed by atoms with van der Waals surface area (Å²) in [6, 6.07) is 6.25. The highest BCUT2D eigenvalue weighted by molar-refractivity contribution is 7.99. The molecule has 2 rings (SSSR count). The number of aromatic amines is 1. The number of benzene rings is 1. The first-order valence-corrected chi connectivity index (χ1v) is 7.32. The van der Waals surface area contributed by atoms with Crippen LogP contribution >= 0.6 is 11.8 Å². The van der Waals surface area contributed by atoms with E-state index < -0.39 is 0 Å². The van der Waals surface area contributed by atoms with Gasteiger partial charge >= 0.3 is 0 Å². The molecule has 0 spiro atoms. The number of rotatable bonds is 6. The van der Waals surface area contributed by atoms with Gasteiger partial charge in [-0.25, -0.2) is 4.98 Å². The van der Waals surface area contributed by atoms with Crippen LogP contribution in [0, 0.1) is 0 Å². The lowest BCUT2D eigenvalue weighted by molar-refractivity contribution is 0.324. The number of hydrogen-bond donors (Lipinski definition) is 2. The molecule has 18 heavy (non-hydrogen) atoms. The van der Waals surface area contributed by atoms with E-state index in [0.29, 0.717) is 5.95 Å². The first-order valence-electron chi connectivity index (χ1n) is 6.33. The van der Waals surface area contributed by atoms with Crippen LogP contribution in [0.4, 0.5) is 5.95 Å². The molecule has 1 aromatic heterocycles. The van der Waals surface area contributed by atoms with Gasteiger partial charge in [0.15, 0.2) is 5.95 Å². The van der Waals surface area contributed by atoms with Gasteiger partial charge in [0.2, 0.25) is 0 Å². The Morgan fingerprint density at radius 2 is 2.11 bits per heavy atom. The number of nitrogen functional groups attached to an aromatic ring is 1. The maximum absolute atomic E-state index is 5.64. The molecule has 1 aromatic carbocycles. The van der Waals surface area contributed by atoms with E-state index in [9.17, 15) is 0 Å². The molecule has 0 unspecified atom stereocenters. The van der Waals surface area contributed by atoms with Gasteiger partial charge in [0.25, 0.3) is 0 Å². The quantitative estimate of drug-likeness (QED) is 0.787. The fraction of sp³-hybridized carbons (Fsp3) is 0.462. The first-order chi connectivity index (χ1) is 8.72. The number of aromatic nitrogens is 2. The number of thioether (sulfide) groups is 1. The molecular formula is C13H20N4S. The van der Waals surface area contributed by atoms with Crippen LogP contribution in [0.25, 0.3) is 11.0 Å². The predicted octanol–water partition coefficient (Wildman–Crippen LogP) is 2.58. The third-order valence-electron chi connectivity index (χ3n) is 3.04. The SMILES string of the molecule is CCN(CC)CCSc1ccc2[nH]c(N)nc2c1. The zero-order valence-electron chi connectivity index (χ0n) is 10.9. The van der Waals surface area contributed by atoms with Crippen molar-refractivity contribution in [1.82, 2.24) is 14.9 Å². The van der Waals surface area contributed by atoms with E-state index in [2.05, 4.69) is 40.8 Å². The normalized spacial score (nSPS) is 11.5. The summed E-state index contributed by atoms with van der Waals surface area (Å²) in [6.07, 6.45) is 0. The summed E-state index contributed by atoms with van der Waals surface area (Å²) in [5, 5.41) is 0. The fourth-order valence-electron chi connectivity index (χ4n) is 1.93. The highest BCUT2D eigenvalue weighted by atomic mass is 32.2. The summed E-state index contributed by atoms with van der Waals surface area (Å²) in [5.41, 5.74) is 7.58. The summed E-state index contributed by atoms with van der Waals surface area (Å²) < 4.78 is 0. The van der Waals surface area contributed by atoms with Crippen LogP contribution < -0.4 is 5.73 Å². The second kappa shape index (κ2) is 6.11. The van der Waals surface area contributed by atoms with Crippen LogP contribution in [0.2, 0.25) is 0 Å². The number of nitrogens with two attached hydrogens (primary N) is 1. The lowest BCUT2D eigenvalue weighted by Crippen LogP contribution is -2.25. The van der Waals surface area contributed by atoms with E-state index in [1.165, 1.54) is 4.90 Å². The van der Waals surface area contributed by atoms with Crippen LogP contribution in [0.15, 0.2) is 23.1 Å². The van der Waals surface area contributed by atoms with Crippen molar-refractivity contribution in [3.63, 3.8) is 0 Å². The van der Waals surface area contributed by atoms with Crippen molar-refractivity contribution in [2.45, 2.75) is 18.7 Å². The van der Waals surface area contributed by atoms with Gasteiger partial charge in [0, 0.05) is 17.2 Å². The van der Waals surface area contributed by atoms with E-state index in [4.69, 9.17) is 5.73 Å². The Kier molecular flexibility index (Phi) is 4.49. The standard InChI is InChI=1S/C13H20N4S/c1-3-17(4-2)7-8-18-10-5-6-11-12(9-10)16-13(14)15-11/h5-6,9H,3-4,7-8H2,1-2H3,(H3,14,15,16). The monoisotopic (exact) mass is 264 g/mol. The molecule has 2 aromatic rings. The molecule has 98 valence electrons. The highest BCUT2D eigenvalue weighted by Crippen LogP contribution is 2.22. The average molecular weight is 264 g/mol. The first kappa shape index (κ1) is 13.2. The van der Waals surface area contributed by atoms with Crippen LogP contribution in [0.5, 0.6) is 0 Å². The van der Waals surface area contributed by atoms with E-state index >= 15 is 0 Å². The van der Waals surface area contributed by atoms with Crippen molar-refractivity contribution in [3.8, 4) is 0 Å². The minimum absolute atomic E-state index is 0.482. The second-order valence-electron chi connectivity index (χ2n) is 4.18. The Bertz CT molecular complexity index is 505. The van der Waals surface area contributed by atoms with Crippen LogP contribution in [-0.2, 0) is 0 Å². The Balaban J connectivity index is 1.95. The molecule has 0 atom stereocenters. The minimum Gasteiger partial charge on any atom is -0.369 e. The Morgan fingerprint density at radius 1 is 1.33 bits per heavy atom. The molecule has 0 aliphatic carbocycles. The van der Waals surface area contributed by atoms with Gasteiger partial charge < -0.3 is 15.6 Å². The summed E-state index contributed by atoms with van der Waals surface area (Å²) in [4.78, 5) is 11.0. The van der Waals surface area contributed by atoms with Crippen LogP contribution in [0.3, 0.4) is 0 Å². The number of hydrogen-bond acceptors (Lipinski definition) is 4. The Labute approximate surface area is 112 Å². The predicted molar refractivity (Wildman–Crippen MR) is 79.0 cm³/mol. The maximum Gasteiger partial charge on any atom is 0.198 e.